The largest absolute Gasteiger partial charge is 0.450 e. The van der Waals surface area contributed by atoms with Crippen molar-refractivity contribution >= 4 is 35.0 Å². The molecule has 0 spiro atoms. The average molecular weight is 404 g/mol. The molecular weight excluding hydrogens is 380 g/mol. The van der Waals surface area contributed by atoms with Crippen LogP contribution in [-0.4, -0.2) is 53.5 Å². The fourth-order valence-electron chi connectivity index (χ4n) is 3.63. The number of hydrogen-bond donors (Lipinski definition) is 1. The third-order valence-electron chi connectivity index (χ3n) is 5.19. The number of likely N-dealkylation sites (tertiary alicyclic amines) is 1. The van der Waals surface area contributed by atoms with Crippen molar-refractivity contribution in [2.75, 3.05) is 29.9 Å². The lowest BCUT2D eigenvalue weighted by atomic mass is 10.0. The van der Waals surface area contributed by atoms with Crippen molar-refractivity contribution in [3.63, 3.8) is 0 Å². The van der Waals surface area contributed by atoms with E-state index < -0.39 is 10.8 Å². The van der Waals surface area contributed by atoms with E-state index in [0.717, 1.165) is 4.90 Å². The molecule has 1 atom stereocenters. The predicted molar refractivity (Wildman–Crippen MR) is 105 cm³/mol. The van der Waals surface area contributed by atoms with E-state index >= 15 is 0 Å². The van der Waals surface area contributed by atoms with Crippen LogP contribution >= 0.6 is 0 Å². The van der Waals surface area contributed by atoms with Gasteiger partial charge in [0.15, 0.2) is 0 Å². The highest BCUT2D eigenvalue weighted by Gasteiger charge is 2.37. The van der Waals surface area contributed by atoms with E-state index in [4.69, 9.17) is 4.74 Å². The van der Waals surface area contributed by atoms with Crippen LogP contribution in [-0.2, 0) is 14.3 Å². The molecule has 2 fully saturated rings. The van der Waals surface area contributed by atoms with Crippen LogP contribution in [0.1, 0.15) is 33.1 Å². The van der Waals surface area contributed by atoms with Gasteiger partial charge in [-0.25, -0.2) is 4.79 Å². The van der Waals surface area contributed by atoms with Crippen molar-refractivity contribution in [2.24, 2.45) is 5.92 Å². The van der Waals surface area contributed by atoms with E-state index in [0.29, 0.717) is 38.2 Å². The number of nitrogens with one attached hydrogen (secondary N) is 1. The zero-order valence-electron chi connectivity index (χ0n) is 16.4. The lowest BCUT2D eigenvalue weighted by Gasteiger charge is -2.32. The van der Waals surface area contributed by atoms with Gasteiger partial charge in [0.05, 0.1) is 17.2 Å². The fraction of sp³-hybridized carbons (Fsp3) is 0.526. The second-order valence-corrected chi connectivity index (χ2v) is 7.24. The van der Waals surface area contributed by atoms with Gasteiger partial charge in [-0.1, -0.05) is 6.92 Å². The molecule has 0 aromatic heterocycles. The molecule has 0 bridgehead atoms. The van der Waals surface area contributed by atoms with Crippen molar-refractivity contribution in [3.8, 4) is 0 Å². The summed E-state index contributed by atoms with van der Waals surface area (Å²) in [6, 6.07) is 4.27. The maximum atomic E-state index is 12.2. The zero-order valence-corrected chi connectivity index (χ0v) is 16.4. The van der Waals surface area contributed by atoms with Crippen molar-refractivity contribution in [1.82, 2.24) is 4.90 Å². The number of benzene rings is 1. The first-order chi connectivity index (χ1) is 13.8. The molecule has 0 saturated carbocycles. The number of anilines is 2. The number of hydrogen-bond acceptors (Lipinski definition) is 7. The summed E-state index contributed by atoms with van der Waals surface area (Å²) in [5.74, 6) is -1.14. The summed E-state index contributed by atoms with van der Waals surface area (Å²) in [6.45, 7) is 4.72. The van der Waals surface area contributed by atoms with Crippen LogP contribution < -0.4 is 10.2 Å². The van der Waals surface area contributed by atoms with Crippen molar-refractivity contribution in [3.05, 3.63) is 28.3 Å². The van der Waals surface area contributed by atoms with E-state index in [1.807, 2.05) is 0 Å². The Labute approximate surface area is 167 Å². The number of imide groups is 1. The van der Waals surface area contributed by atoms with Crippen LogP contribution in [0.25, 0.3) is 0 Å². The standard InChI is InChI=1S/C19H24N4O6/c1-3-29-19(26)21-8-6-13(7-9-21)20-15-5-4-14(11-16(15)23(27)28)22-17(24)10-12(2)18(22)25/h4-5,11-13,20H,3,6-10H2,1-2H3. The molecule has 156 valence electrons. The molecule has 2 aliphatic rings. The molecule has 3 rings (SSSR count). The van der Waals surface area contributed by atoms with Crippen LogP contribution in [0.4, 0.5) is 21.9 Å². The lowest BCUT2D eigenvalue weighted by molar-refractivity contribution is -0.383. The Hall–Kier alpha value is -3.17. The number of carbonyl (C=O) groups is 3. The number of nitro groups is 1. The van der Waals surface area contributed by atoms with Gasteiger partial charge in [-0.15, -0.1) is 0 Å². The Bertz CT molecular complexity index is 834. The van der Waals surface area contributed by atoms with E-state index in [-0.39, 0.29) is 41.7 Å². The van der Waals surface area contributed by atoms with Crippen molar-refractivity contribution in [2.45, 2.75) is 39.2 Å². The number of nitro benzene ring substituents is 1. The molecular formula is C19H24N4O6. The maximum absolute atomic E-state index is 12.2. The molecule has 10 heteroatoms. The Morgan fingerprint density at radius 1 is 1.31 bits per heavy atom. The van der Waals surface area contributed by atoms with Crippen LogP contribution in [0.5, 0.6) is 0 Å². The van der Waals surface area contributed by atoms with E-state index in [1.165, 1.54) is 18.2 Å². The topological polar surface area (TPSA) is 122 Å². The van der Waals surface area contributed by atoms with Gasteiger partial charge in [0.25, 0.3) is 5.69 Å². The molecule has 3 amide bonds. The Morgan fingerprint density at radius 3 is 2.55 bits per heavy atom. The van der Waals surface area contributed by atoms with E-state index in [2.05, 4.69) is 5.32 Å². The molecule has 29 heavy (non-hydrogen) atoms. The number of nitrogens with zero attached hydrogens (tertiary/aromatic N) is 3. The second-order valence-electron chi connectivity index (χ2n) is 7.24. The summed E-state index contributed by atoms with van der Waals surface area (Å²) in [5.41, 5.74) is 0.328. The minimum Gasteiger partial charge on any atom is -0.450 e. The SMILES string of the molecule is CCOC(=O)N1CCC(Nc2ccc(N3C(=O)CC(C)C3=O)cc2[N+](=O)[O-])CC1. The van der Waals surface area contributed by atoms with Gasteiger partial charge in [-0.05, 0) is 31.9 Å². The molecule has 2 saturated heterocycles. The Balaban J connectivity index is 1.72. The van der Waals surface area contributed by atoms with Gasteiger partial charge in [-0.3, -0.25) is 24.6 Å². The number of rotatable bonds is 5. The third-order valence-corrected chi connectivity index (χ3v) is 5.19. The molecule has 1 unspecified atom stereocenters. The fourth-order valence-corrected chi connectivity index (χ4v) is 3.63. The van der Waals surface area contributed by atoms with Crippen LogP contribution in [0, 0.1) is 16.0 Å². The number of piperidine rings is 1. The monoisotopic (exact) mass is 404 g/mol. The first kappa shape index (κ1) is 20.6. The number of amides is 3. The smallest absolute Gasteiger partial charge is 0.409 e. The normalized spacial score (nSPS) is 20.1. The van der Waals surface area contributed by atoms with Gasteiger partial charge in [0.2, 0.25) is 11.8 Å². The second kappa shape index (κ2) is 8.46. The first-order valence-corrected chi connectivity index (χ1v) is 9.65. The summed E-state index contributed by atoms with van der Waals surface area (Å²) in [4.78, 5) is 49.8. The molecule has 0 aliphatic carbocycles. The van der Waals surface area contributed by atoms with Gasteiger partial charge in [0, 0.05) is 37.5 Å². The minimum atomic E-state index is -0.534. The highest BCUT2D eigenvalue weighted by Crippen LogP contribution is 2.34. The summed E-state index contributed by atoms with van der Waals surface area (Å²) in [7, 11) is 0. The average Bonchev–Trinajstić information content (AvgIpc) is 2.94. The molecule has 0 radical (unpaired) electrons. The molecule has 1 N–H and O–H groups in total. The van der Waals surface area contributed by atoms with Gasteiger partial charge < -0.3 is 15.0 Å². The minimum absolute atomic E-state index is 0.0414. The number of carbonyl (C=O) groups excluding carboxylic acids is 3. The zero-order chi connectivity index (χ0) is 21.1. The van der Waals surface area contributed by atoms with Crippen LogP contribution in [0.3, 0.4) is 0 Å². The summed E-state index contributed by atoms with van der Waals surface area (Å²) in [5, 5.41) is 14.7. The van der Waals surface area contributed by atoms with Crippen LogP contribution in [0.2, 0.25) is 0 Å². The summed E-state index contributed by atoms with van der Waals surface area (Å²) in [6.07, 6.45) is 0.998. The quantitative estimate of drug-likeness (QED) is 0.454. The molecule has 1 aromatic carbocycles. The van der Waals surface area contributed by atoms with Crippen molar-refractivity contribution in [1.29, 1.82) is 0 Å². The highest BCUT2D eigenvalue weighted by molar-refractivity contribution is 6.21. The molecule has 1 aromatic rings. The Kier molecular flexibility index (Phi) is 6.00. The maximum Gasteiger partial charge on any atom is 0.409 e. The highest BCUT2D eigenvalue weighted by atomic mass is 16.6. The Morgan fingerprint density at radius 2 is 2.00 bits per heavy atom. The molecule has 10 nitrogen and oxygen atoms in total. The molecule has 2 heterocycles. The lowest BCUT2D eigenvalue weighted by Crippen LogP contribution is -2.42. The first-order valence-electron chi connectivity index (χ1n) is 9.65. The van der Waals surface area contributed by atoms with Crippen LogP contribution in [0.15, 0.2) is 18.2 Å². The third kappa shape index (κ3) is 4.30. The van der Waals surface area contributed by atoms with E-state index in [1.54, 1.807) is 18.7 Å². The number of ether oxygens (including phenoxy) is 1. The summed E-state index contributed by atoms with van der Waals surface area (Å²) < 4.78 is 4.99. The predicted octanol–water partition coefficient (Wildman–Crippen LogP) is 2.53. The summed E-state index contributed by atoms with van der Waals surface area (Å²) >= 11 is 0. The van der Waals surface area contributed by atoms with Crippen molar-refractivity contribution < 1.29 is 24.0 Å². The van der Waals surface area contributed by atoms with Gasteiger partial charge >= 0.3 is 6.09 Å². The molecule has 2 aliphatic heterocycles. The van der Waals surface area contributed by atoms with Gasteiger partial charge in [-0.2, -0.15) is 0 Å². The van der Waals surface area contributed by atoms with E-state index in [9.17, 15) is 24.5 Å². The van der Waals surface area contributed by atoms with Gasteiger partial charge in [0.1, 0.15) is 5.69 Å².